The first-order chi connectivity index (χ1) is 10.2. The van der Waals surface area contributed by atoms with Crippen molar-refractivity contribution < 1.29 is 4.79 Å². The van der Waals surface area contributed by atoms with Gasteiger partial charge in [-0.2, -0.15) is 5.10 Å². The molecule has 0 aliphatic rings. The van der Waals surface area contributed by atoms with E-state index in [1.54, 1.807) is 10.9 Å². The van der Waals surface area contributed by atoms with Crippen LogP contribution in [0.1, 0.15) is 42.4 Å². The van der Waals surface area contributed by atoms with Gasteiger partial charge in [-0.15, -0.1) is 0 Å². The van der Waals surface area contributed by atoms with Gasteiger partial charge in [-0.3, -0.25) is 9.48 Å². The fourth-order valence-electron chi connectivity index (χ4n) is 2.05. The number of aryl methyl sites for hydroxylation is 1. The molecule has 0 aliphatic heterocycles. The number of aromatic nitrogens is 4. The van der Waals surface area contributed by atoms with Crippen LogP contribution in [-0.4, -0.2) is 32.2 Å². The fourth-order valence-corrected chi connectivity index (χ4v) is 2.05. The first-order valence-corrected chi connectivity index (χ1v) is 7.00. The van der Waals surface area contributed by atoms with Gasteiger partial charge in [-0.25, -0.2) is 9.97 Å². The third kappa shape index (κ3) is 3.56. The van der Waals surface area contributed by atoms with Gasteiger partial charge in [-0.05, 0) is 19.4 Å². The highest BCUT2D eigenvalue weighted by atomic mass is 16.1. The maximum absolute atomic E-state index is 12.2. The van der Waals surface area contributed by atoms with Gasteiger partial charge in [0.25, 0.3) is 5.91 Å². The number of carbonyl (C=O) groups excluding carboxylic acids is 1. The van der Waals surface area contributed by atoms with Crippen molar-refractivity contribution in [2.75, 3.05) is 11.9 Å². The molecule has 0 fully saturated rings. The highest BCUT2D eigenvalue weighted by Crippen LogP contribution is 2.16. The zero-order chi connectivity index (χ0) is 15.2. The number of hydrogen-bond acceptors (Lipinski definition) is 5. The lowest BCUT2D eigenvalue weighted by Crippen LogP contribution is -2.29. The highest BCUT2D eigenvalue weighted by Gasteiger charge is 2.17. The van der Waals surface area contributed by atoms with Crippen LogP contribution in [0.25, 0.3) is 0 Å². The van der Waals surface area contributed by atoms with Gasteiger partial charge in [0, 0.05) is 32.2 Å². The second-order valence-corrected chi connectivity index (χ2v) is 4.64. The largest absolute Gasteiger partial charge is 0.355 e. The minimum Gasteiger partial charge on any atom is -0.355 e. The number of rotatable bonds is 6. The molecule has 0 saturated heterocycles. The van der Waals surface area contributed by atoms with Gasteiger partial charge in [0.15, 0.2) is 0 Å². The summed E-state index contributed by atoms with van der Waals surface area (Å²) in [6, 6.07) is 1.82. The summed E-state index contributed by atoms with van der Waals surface area (Å²) < 4.78 is 1.76. The van der Waals surface area contributed by atoms with Gasteiger partial charge in [0.2, 0.25) is 5.95 Å². The van der Waals surface area contributed by atoms with Gasteiger partial charge in [0.05, 0.1) is 17.3 Å². The summed E-state index contributed by atoms with van der Waals surface area (Å²) in [6.45, 7) is 4.72. The second-order valence-electron chi connectivity index (χ2n) is 4.64. The summed E-state index contributed by atoms with van der Waals surface area (Å²) in [5.41, 5.74) is 1.41. The zero-order valence-electron chi connectivity index (χ0n) is 12.5. The minimum absolute atomic E-state index is 0.0848. The Labute approximate surface area is 123 Å². The zero-order valence-corrected chi connectivity index (χ0v) is 12.5. The molecule has 0 spiro atoms. The van der Waals surface area contributed by atoms with E-state index in [9.17, 15) is 4.79 Å². The summed E-state index contributed by atoms with van der Waals surface area (Å²) in [7, 11) is 1.86. The van der Waals surface area contributed by atoms with E-state index in [-0.39, 0.29) is 11.9 Å². The monoisotopic (exact) mass is 288 g/mol. The van der Waals surface area contributed by atoms with Crippen LogP contribution in [0.15, 0.2) is 24.7 Å². The van der Waals surface area contributed by atoms with Crippen molar-refractivity contribution in [2.45, 2.75) is 26.3 Å². The fraction of sp³-hybridized carbons (Fsp3) is 0.429. The molecule has 0 bridgehead atoms. The van der Waals surface area contributed by atoms with E-state index in [4.69, 9.17) is 0 Å². The Balaban J connectivity index is 2.07. The van der Waals surface area contributed by atoms with Gasteiger partial charge < -0.3 is 10.6 Å². The summed E-state index contributed by atoms with van der Waals surface area (Å²) in [5.74, 6) is 0.332. The average Bonchev–Trinajstić information content (AvgIpc) is 2.92. The minimum atomic E-state index is -0.189. The van der Waals surface area contributed by atoms with E-state index in [2.05, 4.69) is 25.7 Å². The Morgan fingerprint density at radius 2 is 2.05 bits per heavy atom. The van der Waals surface area contributed by atoms with Crippen molar-refractivity contribution in [2.24, 2.45) is 7.05 Å². The van der Waals surface area contributed by atoms with E-state index in [1.165, 1.54) is 12.4 Å². The third-order valence-corrected chi connectivity index (χ3v) is 3.18. The predicted molar refractivity (Wildman–Crippen MR) is 79.9 cm³/mol. The number of hydrogen-bond donors (Lipinski definition) is 2. The molecule has 0 radical (unpaired) electrons. The third-order valence-electron chi connectivity index (χ3n) is 3.18. The molecule has 0 saturated carbocycles. The van der Waals surface area contributed by atoms with E-state index in [0.717, 1.165) is 18.7 Å². The number of amides is 1. The Morgan fingerprint density at radius 3 is 2.57 bits per heavy atom. The van der Waals surface area contributed by atoms with Gasteiger partial charge in [-0.1, -0.05) is 6.92 Å². The molecule has 1 amide bonds. The van der Waals surface area contributed by atoms with Crippen LogP contribution in [-0.2, 0) is 7.05 Å². The standard InChI is InChI=1S/C14H20N6O/c1-4-11(12-6-7-18-20(12)3)19-13(21)10-8-16-14(15-5-2)17-9-10/h6-9,11H,4-5H2,1-3H3,(H,19,21)(H,15,16,17)/t11-/m1/s1. The average molecular weight is 288 g/mol. The number of anilines is 1. The Hall–Kier alpha value is -2.44. The molecular formula is C14H20N6O. The van der Waals surface area contributed by atoms with E-state index < -0.39 is 0 Å². The highest BCUT2D eigenvalue weighted by molar-refractivity contribution is 5.93. The molecule has 7 heteroatoms. The Bertz CT molecular complexity index is 592. The van der Waals surface area contributed by atoms with E-state index in [1.807, 2.05) is 27.0 Å². The maximum Gasteiger partial charge on any atom is 0.254 e. The number of carbonyl (C=O) groups is 1. The summed E-state index contributed by atoms with van der Waals surface area (Å²) in [4.78, 5) is 20.5. The molecule has 0 unspecified atom stereocenters. The lowest BCUT2D eigenvalue weighted by molar-refractivity contribution is 0.0933. The Kier molecular flexibility index (Phi) is 4.86. The van der Waals surface area contributed by atoms with E-state index in [0.29, 0.717) is 11.5 Å². The van der Waals surface area contributed by atoms with Crippen LogP contribution >= 0.6 is 0 Å². The quantitative estimate of drug-likeness (QED) is 0.842. The molecule has 2 aromatic rings. The van der Waals surface area contributed by atoms with Crippen LogP contribution in [0.5, 0.6) is 0 Å². The van der Waals surface area contributed by atoms with Gasteiger partial charge >= 0.3 is 0 Å². The number of nitrogens with zero attached hydrogens (tertiary/aromatic N) is 4. The van der Waals surface area contributed by atoms with Crippen LogP contribution in [0.4, 0.5) is 5.95 Å². The molecular weight excluding hydrogens is 268 g/mol. The van der Waals surface area contributed by atoms with Crippen LogP contribution in [0, 0.1) is 0 Å². The Morgan fingerprint density at radius 1 is 1.33 bits per heavy atom. The lowest BCUT2D eigenvalue weighted by Gasteiger charge is -2.17. The van der Waals surface area contributed by atoms with Crippen LogP contribution in [0.3, 0.4) is 0 Å². The first kappa shape index (κ1) is 15.0. The molecule has 1 atom stereocenters. The molecule has 2 rings (SSSR count). The molecule has 7 nitrogen and oxygen atoms in total. The van der Waals surface area contributed by atoms with Crippen LogP contribution < -0.4 is 10.6 Å². The molecule has 2 heterocycles. The van der Waals surface area contributed by atoms with Crippen molar-refractivity contribution in [3.8, 4) is 0 Å². The summed E-state index contributed by atoms with van der Waals surface area (Å²) in [5, 5.41) is 10.1. The van der Waals surface area contributed by atoms with Gasteiger partial charge in [0.1, 0.15) is 0 Å². The van der Waals surface area contributed by atoms with Crippen molar-refractivity contribution in [3.05, 3.63) is 35.9 Å². The predicted octanol–water partition coefficient (Wildman–Crippen LogP) is 1.52. The maximum atomic E-state index is 12.2. The second kappa shape index (κ2) is 6.83. The van der Waals surface area contributed by atoms with Crippen molar-refractivity contribution >= 4 is 11.9 Å². The first-order valence-electron chi connectivity index (χ1n) is 7.00. The molecule has 0 aromatic carbocycles. The van der Waals surface area contributed by atoms with Crippen molar-refractivity contribution in [1.82, 2.24) is 25.1 Å². The molecule has 112 valence electrons. The van der Waals surface area contributed by atoms with Crippen molar-refractivity contribution in [3.63, 3.8) is 0 Å². The summed E-state index contributed by atoms with van der Waals surface area (Å²) in [6.07, 6.45) is 5.55. The topological polar surface area (TPSA) is 84.7 Å². The SMILES string of the molecule is CCNc1ncc(C(=O)N[C@H](CC)c2ccnn2C)cn1. The van der Waals surface area contributed by atoms with Crippen molar-refractivity contribution in [1.29, 1.82) is 0 Å². The van der Waals surface area contributed by atoms with Crippen LogP contribution in [0.2, 0.25) is 0 Å². The number of nitrogens with one attached hydrogen (secondary N) is 2. The molecule has 0 aliphatic carbocycles. The molecule has 21 heavy (non-hydrogen) atoms. The molecule has 2 N–H and O–H groups in total. The normalized spacial score (nSPS) is 12.0. The lowest BCUT2D eigenvalue weighted by atomic mass is 10.1. The van der Waals surface area contributed by atoms with E-state index >= 15 is 0 Å². The molecule has 2 aromatic heterocycles. The summed E-state index contributed by atoms with van der Waals surface area (Å²) >= 11 is 0. The smallest absolute Gasteiger partial charge is 0.254 e.